The summed E-state index contributed by atoms with van der Waals surface area (Å²) < 4.78 is 7.37. The number of aryl methyl sites for hydroxylation is 1. The second-order valence-electron chi connectivity index (χ2n) is 4.42. The van der Waals surface area contributed by atoms with E-state index in [0.29, 0.717) is 12.2 Å². The smallest absolute Gasteiger partial charge is 0.320 e. The van der Waals surface area contributed by atoms with E-state index in [1.54, 1.807) is 24.3 Å². The summed E-state index contributed by atoms with van der Waals surface area (Å²) in [7, 11) is 1.93. The molecule has 0 spiro atoms. The van der Waals surface area contributed by atoms with Crippen LogP contribution in [0.3, 0.4) is 0 Å². The second-order valence-corrected chi connectivity index (χ2v) is 4.94. The third-order valence-corrected chi connectivity index (χ3v) is 3.39. The largest absolute Gasteiger partial charge is 0.426 e. The molecule has 4 heteroatoms. The average Bonchev–Trinajstić information content (AvgIpc) is 2.80. The van der Waals surface area contributed by atoms with Gasteiger partial charge in [-0.1, -0.05) is 6.92 Å². The van der Waals surface area contributed by atoms with Crippen molar-refractivity contribution in [2.75, 3.05) is 0 Å². The molecule has 2 rings (SSSR count). The van der Waals surface area contributed by atoms with Gasteiger partial charge in [0.1, 0.15) is 5.75 Å². The van der Waals surface area contributed by atoms with Gasteiger partial charge < -0.3 is 9.30 Å². The van der Waals surface area contributed by atoms with Crippen molar-refractivity contribution < 1.29 is 9.53 Å². The van der Waals surface area contributed by atoms with Crippen molar-refractivity contribution in [3.05, 3.63) is 48.3 Å². The molecule has 3 nitrogen and oxygen atoms in total. The van der Waals surface area contributed by atoms with Gasteiger partial charge in [0, 0.05) is 23.8 Å². The Morgan fingerprint density at radius 2 is 2.00 bits per heavy atom. The topological polar surface area (TPSA) is 31.2 Å². The van der Waals surface area contributed by atoms with E-state index < -0.39 is 0 Å². The number of aromatic nitrogens is 1. The van der Waals surface area contributed by atoms with Gasteiger partial charge in [-0.15, -0.1) is 12.6 Å². The molecule has 1 aromatic carbocycles. The van der Waals surface area contributed by atoms with Gasteiger partial charge >= 0.3 is 5.97 Å². The lowest BCUT2D eigenvalue weighted by atomic mass is 10.0. The van der Waals surface area contributed by atoms with Gasteiger partial charge in [-0.25, -0.2) is 0 Å². The molecule has 0 aliphatic carbocycles. The maximum absolute atomic E-state index is 12.2. The standard InChI is InChI=1S/C15H17NO2S/c1-3-13(14-5-4-10-16(14)2)15(17)18-11-6-8-12(19)9-7-11/h4-10,13,19H,3H2,1-2H3. The van der Waals surface area contributed by atoms with Crippen LogP contribution < -0.4 is 4.74 Å². The summed E-state index contributed by atoms with van der Waals surface area (Å²) >= 11 is 4.20. The summed E-state index contributed by atoms with van der Waals surface area (Å²) in [6, 6.07) is 11.0. The van der Waals surface area contributed by atoms with Gasteiger partial charge in [-0.05, 0) is 42.8 Å². The number of hydrogen-bond donors (Lipinski definition) is 1. The van der Waals surface area contributed by atoms with Crippen LogP contribution in [0, 0.1) is 0 Å². The molecule has 1 aromatic heterocycles. The van der Waals surface area contributed by atoms with Crippen LogP contribution in [-0.2, 0) is 11.8 Å². The van der Waals surface area contributed by atoms with E-state index in [2.05, 4.69) is 12.6 Å². The summed E-state index contributed by atoms with van der Waals surface area (Å²) in [5.74, 6) is 0.0855. The number of ether oxygens (including phenoxy) is 1. The molecule has 2 aromatic rings. The van der Waals surface area contributed by atoms with Crippen LogP contribution in [-0.4, -0.2) is 10.5 Å². The Morgan fingerprint density at radius 1 is 1.32 bits per heavy atom. The van der Waals surface area contributed by atoms with Crippen molar-refractivity contribution in [3.63, 3.8) is 0 Å². The number of rotatable bonds is 4. The van der Waals surface area contributed by atoms with Gasteiger partial charge in [0.25, 0.3) is 0 Å². The van der Waals surface area contributed by atoms with Crippen molar-refractivity contribution in [3.8, 4) is 5.75 Å². The Hall–Kier alpha value is -1.68. The second kappa shape index (κ2) is 5.97. The molecule has 0 aliphatic heterocycles. The first kappa shape index (κ1) is 13.7. The monoisotopic (exact) mass is 275 g/mol. The SMILES string of the molecule is CCC(C(=O)Oc1ccc(S)cc1)c1cccn1C. The van der Waals surface area contributed by atoms with Crippen molar-refractivity contribution in [2.24, 2.45) is 7.05 Å². The Morgan fingerprint density at radius 3 is 2.53 bits per heavy atom. The zero-order valence-corrected chi connectivity index (χ0v) is 11.9. The van der Waals surface area contributed by atoms with E-state index in [1.807, 2.05) is 36.9 Å². The fourth-order valence-electron chi connectivity index (χ4n) is 2.03. The number of carbonyl (C=O) groups excluding carboxylic acids is 1. The fourth-order valence-corrected chi connectivity index (χ4v) is 2.18. The fraction of sp³-hybridized carbons (Fsp3) is 0.267. The predicted molar refractivity (Wildman–Crippen MR) is 77.8 cm³/mol. The van der Waals surface area contributed by atoms with Gasteiger partial charge in [0.15, 0.2) is 0 Å². The lowest BCUT2D eigenvalue weighted by Crippen LogP contribution is -2.20. The zero-order chi connectivity index (χ0) is 13.8. The maximum Gasteiger partial charge on any atom is 0.320 e. The molecule has 0 N–H and O–H groups in total. The Balaban J connectivity index is 2.14. The predicted octanol–water partition coefficient (Wildman–Crippen LogP) is 3.41. The molecule has 1 unspecified atom stereocenters. The molecular formula is C15H17NO2S. The highest BCUT2D eigenvalue weighted by atomic mass is 32.1. The van der Waals surface area contributed by atoms with Crippen LogP contribution in [0.2, 0.25) is 0 Å². The number of carbonyl (C=O) groups is 1. The highest BCUT2D eigenvalue weighted by Crippen LogP contribution is 2.23. The zero-order valence-electron chi connectivity index (χ0n) is 11.0. The number of nitrogens with zero attached hydrogens (tertiary/aromatic N) is 1. The normalized spacial score (nSPS) is 12.2. The van der Waals surface area contributed by atoms with E-state index >= 15 is 0 Å². The minimum Gasteiger partial charge on any atom is -0.426 e. The summed E-state index contributed by atoms with van der Waals surface area (Å²) in [6.07, 6.45) is 2.64. The van der Waals surface area contributed by atoms with E-state index in [0.717, 1.165) is 10.6 Å². The highest BCUT2D eigenvalue weighted by Gasteiger charge is 2.22. The number of hydrogen-bond acceptors (Lipinski definition) is 3. The van der Waals surface area contributed by atoms with Crippen molar-refractivity contribution >= 4 is 18.6 Å². The molecule has 0 bridgehead atoms. The van der Waals surface area contributed by atoms with E-state index in [1.165, 1.54) is 0 Å². The molecule has 0 aliphatic rings. The van der Waals surface area contributed by atoms with E-state index in [4.69, 9.17) is 4.74 Å². The summed E-state index contributed by atoms with van der Waals surface area (Å²) in [5.41, 5.74) is 0.971. The number of benzene rings is 1. The summed E-state index contributed by atoms with van der Waals surface area (Å²) in [6.45, 7) is 1.98. The Kier molecular flexibility index (Phi) is 4.32. The summed E-state index contributed by atoms with van der Waals surface area (Å²) in [4.78, 5) is 13.1. The van der Waals surface area contributed by atoms with Gasteiger partial charge in [0.05, 0.1) is 5.92 Å². The molecule has 0 amide bonds. The molecule has 0 fully saturated rings. The quantitative estimate of drug-likeness (QED) is 0.526. The number of esters is 1. The molecule has 0 saturated carbocycles. The highest BCUT2D eigenvalue weighted by molar-refractivity contribution is 7.80. The van der Waals surface area contributed by atoms with Crippen LogP contribution in [0.15, 0.2) is 47.5 Å². The van der Waals surface area contributed by atoms with Crippen molar-refractivity contribution in [1.82, 2.24) is 4.57 Å². The molecule has 1 heterocycles. The first-order valence-corrected chi connectivity index (χ1v) is 6.68. The molecule has 1 atom stereocenters. The molecular weight excluding hydrogens is 258 g/mol. The first-order chi connectivity index (χ1) is 9.11. The minimum atomic E-state index is -0.240. The Labute approximate surface area is 118 Å². The average molecular weight is 275 g/mol. The van der Waals surface area contributed by atoms with Crippen LogP contribution >= 0.6 is 12.6 Å². The third kappa shape index (κ3) is 3.20. The third-order valence-electron chi connectivity index (χ3n) is 3.09. The molecule has 100 valence electrons. The van der Waals surface area contributed by atoms with Crippen LogP contribution in [0.4, 0.5) is 0 Å². The van der Waals surface area contributed by atoms with Gasteiger partial charge in [0.2, 0.25) is 0 Å². The number of thiol groups is 1. The first-order valence-electron chi connectivity index (χ1n) is 6.23. The maximum atomic E-state index is 12.2. The van der Waals surface area contributed by atoms with E-state index in [-0.39, 0.29) is 11.9 Å². The van der Waals surface area contributed by atoms with Crippen molar-refractivity contribution in [1.29, 1.82) is 0 Å². The van der Waals surface area contributed by atoms with Crippen LogP contribution in [0.1, 0.15) is 25.0 Å². The molecule has 0 saturated heterocycles. The van der Waals surface area contributed by atoms with Gasteiger partial charge in [-0.2, -0.15) is 0 Å². The van der Waals surface area contributed by atoms with Crippen LogP contribution in [0.25, 0.3) is 0 Å². The molecule has 0 radical (unpaired) electrons. The lowest BCUT2D eigenvalue weighted by Gasteiger charge is -2.15. The minimum absolute atomic E-state index is 0.226. The van der Waals surface area contributed by atoms with Crippen molar-refractivity contribution in [2.45, 2.75) is 24.2 Å². The summed E-state index contributed by atoms with van der Waals surface area (Å²) in [5, 5.41) is 0. The van der Waals surface area contributed by atoms with Crippen LogP contribution in [0.5, 0.6) is 5.75 Å². The van der Waals surface area contributed by atoms with Gasteiger partial charge in [-0.3, -0.25) is 4.79 Å². The Bertz CT molecular complexity index is 560. The lowest BCUT2D eigenvalue weighted by molar-refractivity contribution is -0.136. The molecule has 19 heavy (non-hydrogen) atoms. The van der Waals surface area contributed by atoms with E-state index in [9.17, 15) is 4.79 Å².